The second-order valence-electron chi connectivity index (χ2n) is 5.41. The Balaban J connectivity index is 0. The molecular weight excluding hydrogens is 282 g/mol. The van der Waals surface area contributed by atoms with Gasteiger partial charge in [-0.15, -0.1) is 0 Å². The number of benzene rings is 1. The van der Waals surface area contributed by atoms with Crippen LogP contribution < -0.4 is 0 Å². The fourth-order valence-electron chi connectivity index (χ4n) is 1.44. The van der Waals surface area contributed by atoms with Crippen molar-refractivity contribution >= 4 is 12.1 Å². The lowest BCUT2D eigenvalue weighted by Gasteiger charge is -2.22. The van der Waals surface area contributed by atoms with Gasteiger partial charge in [0.15, 0.2) is 0 Å². The summed E-state index contributed by atoms with van der Waals surface area (Å²) >= 11 is 0. The summed E-state index contributed by atoms with van der Waals surface area (Å²) in [5, 5.41) is 8.17. The second kappa shape index (κ2) is 12.7. The molecule has 0 aliphatic heterocycles. The van der Waals surface area contributed by atoms with E-state index >= 15 is 0 Å². The van der Waals surface area contributed by atoms with Crippen LogP contribution in [0.1, 0.15) is 39.7 Å². The number of aliphatic carboxylic acids is 1. The zero-order valence-corrected chi connectivity index (χ0v) is 14.1. The van der Waals surface area contributed by atoms with Crippen LogP contribution in [-0.4, -0.2) is 42.3 Å². The van der Waals surface area contributed by atoms with Gasteiger partial charge in [-0.25, -0.2) is 0 Å². The van der Waals surface area contributed by atoms with Gasteiger partial charge in [-0.3, -0.25) is 9.69 Å². The molecule has 1 rings (SSSR count). The molecule has 1 aromatic carbocycles. The summed E-state index contributed by atoms with van der Waals surface area (Å²) in [4.78, 5) is 27.9. The van der Waals surface area contributed by atoms with Gasteiger partial charge < -0.3 is 5.11 Å². The SMILES string of the molecule is CCC(C)(C)c1ccccc1.CCN(C)CC(=O)O.O=C=O. The minimum absolute atomic E-state index is 0.135. The van der Waals surface area contributed by atoms with Crippen molar-refractivity contribution in [1.82, 2.24) is 4.90 Å². The van der Waals surface area contributed by atoms with E-state index in [1.807, 2.05) is 6.92 Å². The number of carbonyl (C=O) groups is 1. The number of likely N-dealkylation sites (N-methyl/N-ethyl adjacent to an activating group) is 1. The van der Waals surface area contributed by atoms with Crippen molar-refractivity contribution < 1.29 is 19.5 Å². The van der Waals surface area contributed by atoms with Crippen LogP contribution in [0.4, 0.5) is 0 Å². The third kappa shape index (κ3) is 11.8. The fraction of sp³-hybridized carbons (Fsp3) is 0.529. The van der Waals surface area contributed by atoms with Gasteiger partial charge in [-0.2, -0.15) is 9.59 Å². The van der Waals surface area contributed by atoms with Gasteiger partial charge in [0.05, 0.1) is 6.54 Å². The Hall–Kier alpha value is -1.97. The number of nitrogens with zero attached hydrogens (tertiary/aromatic N) is 1. The Morgan fingerprint density at radius 2 is 1.64 bits per heavy atom. The first-order valence-electron chi connectivity index (χ1n) is 7.20. The molecule has 0 aliphatic carbocycles. The van der Waals surface area contributed by atoms with E-state index in [1.54, 1.807) is 11.9 Å². The van der Waals surface area contributed by atoms with Gasteiger partial charge in [0.25, 0.3) is 0 Å². The molecule has 0 spiro atoms. The van der Waals surface area contributed by atoms with E-state index in [1.165, 1.54) is 12.0 Å². The van der Waals surface area contributed by atoms with Crippen LogP contribution in [0.5, 0.6) is 0 Å². The maximum absolute atomic E-state index is 9.93. The van der Waals surface area contributed by atoms with Crippen LogP contribution in [0, 0.1) is 0 Å². The molecule has 1 N–H and O–H groups in total. The highest BCUT2D eigenvalue weighted by atomic mass is 16.4. The number of carbonyl (C=O) groups excluding carboxylic acids is 2. The molecule has 0 aliphatic rings. The molecule has 1 aromatic rings. The van der Waals surface area contributed by atoms with Crippen molar-refractivity contribution in [3.05, 3.63) is 35.9 Å². The highest BCUT2D eigenvalue weighted by Crippen LogP contribution is 2.25. The summed E-state index contributed by atoms with van der Waals surface area (Å²) in [7, 11) is 1.77. The molecule has 5 heteroatoms. The minimum atomic E-state index is -0.769. The second-order valence-corrected chi connectivity index (χ2v) is 5.41. The summed E-state index contributed by atoms with van der Waals surface area (Å²) < 4.78 is 0. The first kappa shape index (κ1) is 22.3. The number of hydrogen-bond donors (Lipinski definition) is 1. The Morgan fingerprint density at radius 1 is 1.18 bits per heavy atom. The summed E-state index contributed by atoms with van der Waals surface area (Å²) in [5.41, 5.74) is 1.77. The van der Waals surface area contributed by atoms with Crippen molar-refractivity contribution in [3.8, 4) is 0 Å². The van der Waals surface area contributed by atoms with Crippen molar-refractivity contribution in [2.45, 2.75) is 39.5 Å². The first-order chi connectivity index (χ1) is 10.2. The highest BCUT2D eigenvalue weighted by molar-refractivity contribution is 5.68. The molecule has 0 radical (unpaired) electrons. The smallest absolute Gasteiger partial charge is 0.373 e. The Morgan fingerprint density at radius 3 is 1.91 bits per heavy atom. The minimum Gasteiger partial charge on any atom is -0.480 e. The Bertz CT molecular complexity index is 437. The van der Waals surface area contributed by atoms with Crippen LogP contribution >= 0.6 is 0 Å². The van der Waals surface area contributed by atoms with E-state index in [0.717, 1.165) is 6.54 Å². The quantitative estimate of drug-likeness (QED) is 0.905. The topological polar surface area (TPSA) is 74.7 Å². The van der Waals surface area contributed by atoms with Gasteiger partial charge >= 0.3 is 12.1 Å². The Kier molecular flexibility index (Phi) is 12.9. The maximum atomic E-state index is 9.93. The summed E-state index contributed by atoms with van der Waals surface area (Å²) in [5.74, 6) is -0.769. The van der Waals surface area contributed by atoms with E-state index in [4.69, 9.17) is 14.7 Å². The standard InChI is InChI=1S/C11H16.C5H11NO2.CO2/c1-4-11(2,3)10-8-6-5-7-9-10;1-3-6(2)4-5(7)8;2-1-3/h5-9H,4H2,1-3H3;3-4H2,1-2H3,(H,7,8);. The fourth-order valence-corrected chi connectivity index (χ4v) is 1.44. The van der Waals surface area contributed by atoms with E-state index in [2.05, 4.69) is 51.1 Å². The number of carboxylic acid groups (broad SMARTS) is 1. The first-order valence-corrected chi connectivity index (χ1v) is 7.20. The molecule has 0 saturated carbocycles. The van der Waals surface area contributed by atoms with E-state index in [0.29, 0.717) is 5.41 Å². The van der Waals surface area contributed by atoms with Crippen LogP contribution in [0.2, 0.25) is 0 Å². The van der Waals surface area contributed by atoms with E-state index < -0.39 is 5.97 Å². The lowest BCUT2D eigenvalue weighted by molar-refractivity contribution is -0.191. The molecule has 0 saturated heterocycles. The van der Waals surface area contributed by atoms with Gasteiger partial charge in [0, 0.05) is 0 Å². The predicted molar refractivity (Wildman–Crippen MR) is 85.6 cm³/mol. The zero-order valence-electron chi connectivity index (χ0n) is 14.1. The molecule has 0 aromatic heterocycles. The van der Waals surface area contributed by atoms with Crippen molar-refractivity contribution in [1.29, 1.82) is 0 Å². The van der Waals surface area contributed by atoms with Gasteiger partial charge in [0.1, 0.15) is 0 Å². The molecule has 0 amide bonds. The number of hydrogen-bond acceptors (Lipinski definition) is 4. The average molecular weight is 309 g/mol. The monoisotopic (exact) mass is 309 g/mol. The largest absolute Gasteiger partial charge is 0.480 e. The third-order valence-corrected chi connectivity index (χ3v) is 3.38. The van der Waals surface area contributed by atoms with E-state index in [9.17, 15) is 4.79 Å². The lowest BCUT2D eigenvalue weighted by atomic mass is 9.82. The van der Waals surface area contributed by atoms with Crippen LogP contribution in [0.3, 0.4) is 0 Å². The van der Waals surface area contributed by atoms with Gasteiger partial charge in [0.2, 0.25) is 0 Å². The van der Waals surface area contributed by atoms with Crippen LogP contribution in [0.25, 0.3) is 0 Å². The molecule has 0 bridgehead atoms. The molecule has 0 heterocycles. The third-order valence-electron chi connectivity index (χ3n) is 3.38. The molecule has 0 unspecified atom stereocenters. The zero-order chi connectivity index (χ0) is 17.6. The van der Waals surface area contributed by atoms with Crippen LogP contribution in [-0.2, 0) is 19.8 Å². The molecular formula is C17H27NO4. The molecule has 22 heavy (non-hydrogen) atoms. The summed E-state index contributed by atoms with van der Waals surface area (Å²) in [6.07, 6.45) is 1.44. The van der Waals surface area contributed by atoms with Crippen molar-refractivity contribution in [3.63, 3.8) is 0 Å². The molecule has 124 valence electrons. The predicted octanol–water partition coefficient (Wildman–Crippen LogP) is 2.81. The summed E-state index contributed by atoms with van der Waals surface area (Å²) in [6.45, 7) is 9.63. The van der Waals surface area contributed by atoms with Crippen LogP contribution in [0.15, 0.2) is 30.3 Å². The highest BCUT2D eigenvalue weighted by Gasteiger charge is 2.16. The average Bonchev–Trinajstić information content (AvgIpc) is 2.49. The number of carboxylic acids is 1. The molecule has 5 nitrogen and oxygen atoms in total. The number of rotatable bonds is 5. The van der Waals surface area contributed by atoms with E-state index in [-0.39, 0.29) is 12.7 Å². The van der Waals surface area contributed by atoms with Gasteiger partial charge in [-0.1, -0.05) is 58.0 Å². The van der Waals surface area contributed by atoms with Crippen molar-refractivity contribution in [2.75, 3.05) is 20.1 Å². The summed E-state index contributed by atoms with van der Waals surface area (Å²) in [6, 6.07) is 10.7. The molecule has 0 atom stereocenters. The lowest BCUT2D eigenvalue weighted by Crippen LogP contribution is -2.24. The Labute approximate surface area is 132 Å². The normalized spacial score (nSPS) is 9.73. The van der Waals surface area contributed by atoms with Crippen molar-refractivity contribution in [2.24, 2.45) is 0 Å². The maximum Gasteiger partial charge on any atom is 0.373 e. The van der Waals surface area contributed by atoms with Gasteiger partial charge in [-0.05, 0) is 31.0 Å². The molecule has 0 fully saturated rings.